The van der Waals surface area contributed by atoms with Crippen LogP contribution in [0.1, 0.15) is 11.1 Å². The van der Waals surface area contributed by atoms with Crippen LogP contribution >= 0.6 is 11.8 Å². The summed E-state index contributed by atoms with van der Waals surface area (Å²) in [5.41, 5.74) is 1.98. The Bertz CT molecular complexity index is 1530. The molecule has 5 rings (SSSR count). The molecule has 0 bridgehead atoms. The summed E-state index contributed by atoms with van der Waals surface area (Å²) in [6.45, 7) is 4.64. The van der Waals surface area contributed by atoms with Crippen LogP contribution in [0.3, 0.4) is 0 Å². The minimum atomic E-state index is -0.486. The smallest absolute Gasteiger partial charge is 0.283 e. The molecule has 3 aromatic rings. The van der Waals surface area contributed by atoms with E-state index in [-0.39, 0.29) is 18.0 Å². The van der Waals surface area contributed by atoms with Crippen molar-refractivity contribution >= 4 is 39.8 Å². The largest absolute Gasteiger partial charge is 0.493 e. The average Bonchev–Trinajstić information content (AvgIpc) is 3.41. The second kappa shape index (κ2) is 13.0. The lowest BCUT2D eigenvalue weighted by Gasteiger charge is -2.20. The molecule has 0 aromatic heterocycles. The van der Waals surface area contributed by atoms with E-state index < -0.39 is 5.91 Å². The molecule has 0 atom stereocenters. The third kappa shape index (κ3) is 6.85. The van der Waals surface area contributed by atoms with Gasteiger partial charge in [0.05, 0.1) is 12.7 Å². The number of allylic oxidation sites excluding steroid dienone is 1. The molecule has 3 aromatic carbocycles. The number of amidine groups is 2. The minimum Gasteiger partial charge on any atom is -0.493 e. The number of carbonyl (C=O) groups is 1. The van der Waals surface area contributed by atoms with Crippen molar-refractivity contribution in [2.24, 2.45) is 10.1 Å². The number of methoxy groups -OCH3 is 1. The SMILES string of the molecule is C=CCc1ccc(OCCOc2ccc(C=C3C(=N)N4N=C(COc5ccccc5)SC4=NC3=O)cc2)c(OC)c1. The molecule has 10 heteroatoms. The molecule has 0 saturated carbocycles. The summed E-state index contributed by atoms with van der Waals surface area (Å²) < 4.78 is 22.8. The second-order valence-corrected chi connectivity index (χ2v) is 9.90. The number of fused-ring (bicyclic) bond motifs is 1. The molecule has 0 spiro atoms. The zero-order valence-corrected chi connectivity index (χ0v) is 23.2. The number of nitrogens with one attached hydrogen (secondary N) is 1. The number of amides is 1. The van der Waals surface area contributed by atoms with E-state index in [1.54, 1.807) is 25.3 Å². The summed E-state index contributed by atoms with van der Waals surface area (Å²) in [5, 5.41) is 15.3. The fourth-order valence-electron chi connectivity index (χ4n) is 4.01. The van der Waals surface area contributed by atoms with Gasteiger partial charge in [0.1, 0.15) is 36.4 Å². The fourth-order valence-corrected chi connectivity index (χ4v) is 4.81. The first-order valence-electron chi connectivity index (χ1n) is 12.8. The highest BCUT2D eigenvalue weighted by molar-refractivity contribution is 8.27. The first-order chi connectivity index (χ1) is 20.0. The first-order valence-corrected chi connectivity index (χ1v) is 13.7. The summed E-state index contributed by atoms with van der Waals surface area (Å²) in [4.78, 5) is 16.9. The maximum Gasteiger partial charge on any atom is 0.283 e. The van der Waals surface area contributed by atoms with Gasteiger partial charge in [-0.05, 0) is 71.8 Å². The molecular weight excluding hydrogens is 540 g/mol. The van der Waals surface area contributed by atoms with E-state index in [1.165, 1.54) is 16.8 Å². The summed E-state index contributed by atoms with van der Waals surface area (Å²) in [6, 6.07) is 22.4. The van der Waals surface area contributed by atoms with Gasteiger partial charge in [-0.3, -0.25) is 10.2 Å². The fraction of sp³-hybridized carbons (Fsp3) is 0.161. The number of hydrogen-bond donors (Lipinski definition) is 1. The molecule has 2 heterocycles. The van der Waals surface area contributed by atoms with Crippen LogP contribution in [-0.4, -0.2) is 53.9 Å². The monoisotopic (exact) mass is 568 g/mol. The molecule has 2 aliphatic rings. The number of hydrazone groups is 1. The number of carbonyl (C=O) groups excluding carboxylic acids is 1. The number of rotatable bonds is 12. The second-order valence-electron chi connectivity index (χ2n) is 8.86. The van der Waals surface area contributed by atoms with Crippen LogP contribution in [0.25, 0.3) is 6.08 Å². The summed E-state index contributed by atoms with van der Waals surface area (Å²) in [6.07, 6.45) is 4.22. The number of thioether (sulfide) groups is 1. The predicted octanol–water partition coefficient (Wildman–Crippen LogP) is 5.58. The number of ether oxygens (including phenoxy) is 4. The van der Waals surface area contributed by atoms with Crippen LogP contribution in [-0.2, 0) is 11.2 Å². The standard InChI is InChI=1S/C31H28N4O5S/c1-3-7-21-12-15-26(27(19-21)37-2)39-17-16-38-24-13-10-22(11-14-24)18-25-29(32)35-31(33-30(25)36)41-28(34-35)20-40-23-8-5-4-6-9-23/h3-6,8-15,18-19,32H,1,7,16-17,20H2,2H3. The Labute approximate surface area is 242 Å². The molecule has 2 aliphatic heterocycles. The van der Waals surface area contributed by atoms with Crippen molar-refractivity contribution in [3.63, 3.8) is 0 Å². The van der Waals surface area contributed by atoms with E-state index in [1.807, 2.05) is 66.7 Å². The highest BCUT2D eigenvalue weighted by Crippen LogP contribution is 2.30. The first kappa shape index (κ1) is 27.7. The van der Waals surface area contributed by atoms with Crippen molar-refractivity contribution in [3.8, 4) is 23.0 Å². The Morgan fingerprint density at radius 3 is 2.46 bits per heavy atom. The molecule has 0 saturated heterocycles. The van der Waals surface area contributed by atoms with E-state index in [9.17, 15) is 4.79 Å². The van der Waals surface area contributed by atoms with Gasteiger partial charge >= 0.3 is 0 Å². The van der Waals surface area contributed by atoms with Gasteiger partial charge < -0.3 is 18.9 Å². The third-order valence-corrected chi connectivity index (χ3v) is 6.89. The van der Waals surface area contributed by atoms with Crippen LogP contribution < -0.4 is 18.9 Å². The van der Waals surface area contributed by atoms with Crippen molar-refractivity contribution < 1.29 is 23.7 Å². The Morgan fingerprint density at radius 1 is 0.951 bits per heavy atom. The molecule has 208 valence electrons. The Balaban J connectivity index is 1.15. The number of benzene rings is 3. The van der Waals surface area contributed by atoms with Crippen molar-refractivity contribution in [1.82, 2.24) is 5.01 Å². The summed E-state index contributed by atoms with van der Waals surface area (Å²) in [5.74, 6) is 2.15. The van der Waals surface area contributed by atoms with Gasteiger partial charge in [-0.2, -0.15) is 15.1 Å². The molecule has 0 fully saturated rings. The van der Waals surface area contributed by atoms with Gasteiger partial charge in [-0.15, -0.1) is 6.58 Å². The van der Waals surface area contributed by atoms with E-state index in [0.717, 1.165) is 17.5 Å². The predicted molar refractivity (Wildman–Crippen MR) is 161 cm³/mol. The average molecular weight is 569 g/mol. The van der Waals surface area contributed by atoms with Gasteiger partial charge in [-0.1, -0.05) is 42.5 Å². The topological polar surface area (TPSA) is 106 Å². The van der Waals surface area contributed by atoms with Crippen LogP contribution in [0.5, 0.6) is 23.0 Å². The highest BCUT2D eigenvalue weighted by atomic mass is 32.2. The van der Waals surface area contributed by atoms with Gasteiger partial charge in [-0.25, -0.2) is 0 Å². The van der Waals surface area contributed by atoms with Crippen LogP contribution in [0.2, 0.25) is 0 Å². The summed E-state index contributed by atoms with van der Waals surface area (Å²) in [7, 11) is 1.61. The van der Waals surface area contributed by atoms with Gasteiger partial charge in [0, 0.05) is 0 Å². The number of aliphatic imine (C=N–C) groups is 1. The van der Waals surface area contributed by atoms with Crippen molar-refractivity contribution in [2.75, 3.05) is 26.9 Å². The number of hydrogen-bond acceptors (Lipinski definition) is 8. The Morgan fingerprint density at radius 2 is 1.71 bits per heavy atom. The molecular formula is C31H28N4O5S. The van der Waals surface area contributed by atoms with Crippen LogP contribution in [0.4, 0.5) is 0 Å². The third-order valence-electron chi connectivity index (χ3n) is 6.01. The number of nitrogens with zero attached hydrogens (tertiary/aromatic N) is 3. The van der Waals surface area contributed by atoms with Gasteiger partial charge in [0.15, 0.2) is 17.3 Å². The van der Waals surface area contributed by atoms with Crippen LogP contribution in [0, 0.1) is 5.41 Å². The molecule has 0 radical (unpaired) electrons. The number of para-hydroxylation sites is 1. The quantitative estimate of drug-likeness (QED) is 0.173. The normalized spacial score (nSPS) is 15.2. The minimum absolute atomic E-state index is 0.0346. The maximum atomic E-state index is 12.7. The molecule has 0 aliphatic carbocycles. The van der Waals surface area contributed by atoms with Gasteiger partial charge in [0.25, 0.3) is 5.91 Å². The van der Waals surface area contributed by atoms with Crippen molar-refractivity contribution in [1.29, 1.82) is 5.41 Å². The zero-order valence-electron chi connectivity index (χ0n) is 22.4. The summed E-state index contributed by atoms with van der Waals surface area (Å²) >= 11 is 1.22. The van der Waals surface area contributed by atoms with Gasteiger partial charge in [0.2, 0.25) is 5.17 Å². The van der Waals surface area contributed by atoms with Crippen LogP contribution in [0.15, 0.2) is 101 Å². The van der Waals surface area contributed by atoms with E-state index >= 15 is 0 Å². The maximum absolute atomic E-state index is 12.7. The van der Waals surface area contributed by atoms with E-state index in [0.29, 0.717) is 46.4 Å². The van der Waals surface area contributed by atoms with Crippen molar-refractivity contribution in [2.45, 2.75) is 6.42 Å². The lowest BCUT2D eigenvalue weighted by atomic mass is 10.1. The molecule has 41 heavy (non-hydrogen) atoms. The molecule has 9 nitrogen and oxygen atoms in total. The lowest BCUT2D eigenvalue weighted by molar-refractivity contribution is -0.114. The Hall–Kier alpha value is -4.83. The van der Waals surface area contributed by atoms with E-state index in [2.05, 4.69) is 16.7 Å². The lowest BCUT2D eigenvalue weighted by Crippen LogP contribution is -2.35. The zero-order chi connectivity index (χ0) is 28.6. The molecule has 1 N–H and O–H groups in total. The highest BCUT2D eigenvalue weighted by Gasteiger charge is 2.35. The van der Waals surface area contributed by atoms with Crippen molar-refractivity contribution in [3.05, 3.63) is 102 Å². The van der Waals surface area contributed by atoms with E-state index in [4.69, 9.17) is 24.4 Å². The Kier molecular flexibility index (Phi) is 8.80. The molecule has 1 amide bonds. The molecule has 0 unspecified atom stereocenters.